The van der Waals surface area contributed by atoms with Gasteiger partial charge in [-0.25, -0.2) is 4.39 Å². The summed E-state index contributed by atoms with van der Waals surface area (Å²) in [4.78, 5) is 0.966. The van der Waals surface area contributed by atoms with Crippen molar-refractivity contribution in [2.24, 2.45) is 0 Å². The number of hydrogen-bond donors (Lipinski definition) is 2. The van der Waals surface area contributed by atoms with Gasteiger partial charge in [0.15, 0.2) is 0 Å². The van der Waals surface area contributed by atoms with Gasteiger partial charge in [0, 0.05) is 11.4 Å². The quantitative estimate of drug-likeness (QED) is 0.787. The summed E-state index contributed by atoms with van der Waals surface area (Å²) in [6.45, 7) is 1.25. The molecule has 2 nitrogen and oxygen atoms in total. The Kier molecular flexibility index (Phi) is 4.87. The summed E-state index contributed by atoms with van der Waals surface area (Å²) in [5, 5.41) is 15.0. The number of benzene rings is 1. The first-order valence-corrected chi connectivity index (χ1v) is 6.80. The summed E-state index contributed by atoms with van der Waals surface area (Å²) >= 11 is 1.55. The van der Waals surface area contributed by atoms with E-state index in [0.29, 0.717) is 6.54 Å². The van der Waals surface area contributed by atoms with Gasteiger partial charge in [0.1, 0.15) is 11.9 Å². The van der Waals surface area contributed by atoms with Crippen molar-refractivity contribution >= 4 is 11.3 Å². The van der Waals surface area contributed by atoms with Gasteiger partial charge >= 0.3 is 0 Å². The molecule has 0 saturated carbocycles. The SMILES string of the molecule is OC(CNCCc1cccc(F)c1)c1cccs1. The zero-order chi connectivity index (χ0) is 12.8. The molecule has 2 N–H and O–H groups in total. The molecule has 0 amide bonds. The number of halogens is 1. The Balaban J connectivity index is 1.70. The van der Waals surface area contributed by atoms with E-state index in [-0.39, 0.29) is 5.82 Å². The molecule has 1 heterocycles. The average molecular weight is 265 g/mol. The predicted octanol–water partition coefficient (Wildman–Crippen LogP) is 2.75. The van der Waals surface area contributed by atoms with Crippen LogP contribution < -0.4 is 5.32 Å². The standard InChI is InChI=1S/C14H16FNOS/c15-12-4-1-3-11(9-12)6-7-16-10-13(17)14-5-2-8-18-14/h1-5,8-9,13,16-17H,6-7,10H2. The third-order valence-corrected chi connectivity index (χ3v) is 3.66. The van der Waals surface area contributed by atoms with Crippen molar-refractivity contribution in [1.82, 2.24) is 5.32 Å². The lowest BCUT2D eigenvalue weighted by Crippen LogP contribution is -2.23. The van der Waals surface area contributed by atoms with E-state index in [1.54, 1.807) is 17.4 Å². The number of aliphatic hydroxyl groups excluding tert-OH is 1. The highest BCUT2D eigenvalue weighted by Crippen LogP contribution is 2.17. The van der Waals surface area contributed by atoms with Crippen LogP contribution in [0.3, 0.4) is 0 Å². The van der Waals surface area contributed by atoms with Crippen LogP contribution in [0.2, 0.25) is 0 Å². The molecule has 1 unspecified atom stereocenters. The minimum atomic E-state index is -0.461. The van der Waals surface area contributed by atoms with Crippen LogP contribution in [-0.4, -0.2) is 18.2 Å². The van der Waals surface area contributed by atoms with Crippen molar-refractivity contribution in [2.45, 2.75) is 12.5 Å². The lowest BCUT2D eigenvalue weighted by molar-refractivity contribution is 0.179. The molecular formula is C14H16FNOS. The van der Waals surface area contributed by atoms with Crippen LogP contribution in [0.1, 0.15) is 16.5 Å². The lowest BCUT2D eigenvalue weighted by Gasteiger charge is -2.10. The van der Waals surface area contributed by atoms with Gasteiger partial charge in [-0.3, -0.25) is 0 Å². The zero-order valence-corrected chi connectivity index (χ0v) is 10.8. The first-order valence-electron chi connectivity index (χ1n) is 5.92. The maximum Gasteiger partial charge on any atom is 0.123 e. The Labute approximate surface area is 110 Å². The highest BCUT2D eigenvalue weighted by Gasteiger charge is 2.07. The van der Waals surface area contributed by atoms with Gasteiger partial charge in [-0.2, -0.15) is 0 Å². The summed E-state index contributed by atoms with van der Waals surface area (Å²) < 4.78 is 12.9. The number of aliphatic hydroxyl groups is 1. The Morgan fingerprint density at radius 1 is 1.28 bits per heavy atom. The molecule has 1 aromatic carbocycles. The molecule has 0 bridgehead atoms. The fraction of sp³-hybridized carbons (Fsp3) is 0.286. The second kappa shape index (κ2) is 6.64. The van der Waals surface area contributed by atoms with Gasteiger partial charge in [-0.1, -0.05) is 18.2 Å². The summed E-state index contributed by atoms with van der Waals surface area (Å²) in [7, 11) is 0. The van der Waals surface area contributed by atoms with E-state index >= 15 is 0 Å². The van der Waals surface area contributed by atoms with Crippen molar-refractivity contribution < 1.29 is 9.50 Å². The molecule has 0 aliphatic carbocycles. The van der Waals surface area contributed by atoms with Crippen molar-refractivity contribution in [3.05, 3.63) is 58.0 Å². The molecule has 0 saturated heterocycles. The van der Waals surface area contributed by atoms with Crippen molar-refractivity contribution in [3.63, 3.8) is 0 Å². The van der Waals surface area contributed by atoms with Crippen molar-refractivity contribution in [1.29, 1.82) is 0 Å². The van der Waals surface area contributed by atoms with E-state index in [4.69, 9.17) is 0 Å². The maximum atomic E-state index is 12.9. The van der Waals surface area contributed by atoms with Crippen LogP contribution in [0.15, 0.2) is 41.8 Å². The maximum absolute atomic E-state index is 12.9. The molecule has 2 aromatic rings. The predicted molar refractivity (Wildman–Crippen MR) is 72.3 cm³/mol. The molecule has 1 atom stereocenters. The zero-order valence-electron chi connectivity index (χ0n) is 9.97. The molecule has 0 spiro atoms. The molecule has 0 aliphatic heterocycles. The average Bonchev–Trinajstić information content (AvgIpc) is 2.88. The van der Waals surface area contributed by atoms with Crippen LogP contribution in [0.5, 0.6) is 0 Å². The molecule has 4 heteroatoms. The number of thiophene rings is 1. The Hall–Kier alpha value is -1.23. The topological polar surface area (TPSA) is 32.3 Å². The first-order chi connectivity index (χ1) is 8.75. The monoisotopic (exact) mass is 265 g/mol. The molecule has 2 rings (SSSR count). The van der Waals surface area contributed by atoms with Gasteiger partial charge < -0.3 is 10.4 Å². The Morgan fingerprint density at radius 3 is 2.89 bits per heavy atom. The second-order valence-corrected chi connectivity index (χ2v) is 5.09. The highest BCUT2D eigenvalue weighted by atomic mass is 32.1. The third-order valence-electron chi connectivity index (χ3n) is 2.69. The fourth-order valence-corrected chi connectivity index (χ4v) is 2.46. The van der Waals surface area contributed by atoms with E-state index in [0.717, 1.165) is 23.4 Å². The number of hydrogen-bond acceptors (Lipinski definition) is 3. The molecule has 96 valence electrons. The summed E-state index contributed by atoms with van der Waals surface area (Å²) in [5.41, 5.74) is 0.966. The van der Waals surface area contributed by atoms with Crippen LogP contribution in [0, 0.1) is 5.82 Å². The van der Waals surface area contributed by atoms with E-state index < -0.39 is 6.10 Å². The molecule has 1 aromatic heterocycles. The molecule has 0 radical (unpaired) electrons. The molecule has 0 aliphatic rings. The van der Waals surface area contributed by atoms with Crippen LogP contribution in [0.4, 0.5) is 4.39 Å². The van der Waals surface area contributed by atoms with Gasteiger partial charge in [0.2, 0.25) is 0 Å². The van der Waals surface area contributed by atoms with Crippen LogP contribution in [0.25, 0.3) is 0 Å². The van der Waals surface area contributed by atoms with Crippen LogP contribution >= 0.6 is 11.3 Å². The molecular weight excluding hydrogens is 249 g/mol. The van der Waals surface area contributed by atoms with Crippen molar-refractivity contribution in [3.8, 4) is 0 Å². The van der Waals surface area contributed by atoms with Crippen molar-refractivity contribution in [2.75, 3.05) is 13.1 Å². The minimum Gasteiger partial charge on any atom is -0.386 e. The lowest BCUT2D eigenvalue weighted by atomic mass is 10.1. The van der Waals surface area contributed by atoms with E-state index in [2.05, 4.69) is 5.32 Å². The van der Waals surface area contributed by atoms with Gasteiger partial charge in [0.05, 0.1) is 0 Å². The van der Waals surface area contributed by atoms with E-state index in [1.807, 2.05) is 23.6 Å². The van der Waals surface area contributed by atoms with E-state index in [1.165, 1.54) is 12.1 Å². The van der Waals surface area contributed by atoms with Gasteiger partial charge in [-0.05, 0) is 42.1 Å². The smallest absolute Gasteiger partial charge is 0.123 e. The highest BCUT2D eigenvalue weighted by molar-refractivity contribution is 7.10. The minimum absolute atomic E-state index is 0.203. The second-order valence-electron chi connectivity index (χ2n) is 4.12. The Morgan fingerprint density at radius 2 is 2.17 bits per heavy atom. The number of nitrogens with one attached hydrogen (secondary N) is 1. The normalized spacial score (nSPS) is 12.6. The molecule has 18 heavy (non-hydrogen) atoms. The van der Waals surface area contributed by atoms with Crippen LogP contribution in [-0.2, 0) is 6.42 Å². The molecule has 0 fully saturated rings. The summed E-state index contributed by atoms with van der Waals surface area (Å²) in [6, 6.07) is 10.4. The third kappa shape index (κ3) is 3.91. The Bertz CT molecular complexity index is 472. The number of rotatable bonds is 6. The summed E-state index contributed by atoms with van der Waals surface area (Å²) in [6.07, 6.45) is 0.298. The largest absolute Gasteiger partial charge is 0.386 e. The first kappa shape index (κ1) is 13.2. The summed E-state index contributed by atoms with van der Waals surface area (Å²) in [5.74, 6) is -0.203. The van der Waals surface area contributed by atoms with E-state index in [9.17, 15) is 9.50 Å². The van der Waals surface area contributed by atoms with Gasteiger partial charge in [-0.15, -0.1) is 11.3 Å². The van der Waals surface area contributed by atoms with Gasteiger partial charge in [0.25, 0.3) is 0 Å². The fourth-order valence-electron chi connectivity index (χ4n) is 1.75.